The van der Waals surface area contributed by atoms with E-state index >= 15 is 4.39 Å². The maximum atomic E-state index is 15.9. The number of halogens is 3. The van der Waals surface area contributed by atoms with Gasteiger partial charge >= 0.3 is 11.9 Å². The summed E-state index contributed by atoms with van der Waals surface area (Å²) in [5.74, 6) is -3.55. The number of fused-ring (bicyclic) bond motifs is 1. The van der Waals surface area contributed by atoms with Crippen LogP contribution in [0.1, 0.15) is 32.3 Å². The maximum absolute atomic E-state index is 15.9. The van der Waals surface area contributed by atoms with Gasteiger partial charge in [-0.3, -0.25) is 9.00 Å². The van der Waals surface area contributed by atoms with E-state index < -0.39 is 45.0 Å². The van der Waals surface area contributed by atoms with Gasteiger partial charge < -0.3 is 9.47 Å². The van der Waals surface area contributed by atoms with Gasteiger partial charge in [-0.2, -0.15) is 0 Å². The normalized spacial score (nSPS) is 31.8. The average Bonchev–Trinajstić information content (AvgIpc) is 2.99. The van der Waals surface area contributed by atoms with Crippen LogP contribution in [0, 0.1) is 11.8 Å². The smallest absolute Gasteiger partial charge is 0.345 e. The maximum Gasteiger partial charge on any atom is 0.345 e. The molecule has 9 heteroatoms. The number of esters is 2. The Hall–Kier alpha value is -1.18. The zero-order chi connectivity index (χ0) is 20.7. The number of benzene rings is 1. The Balaban J connectivity index is 1.97. The molecule has 0 amide bonds. The van der Waals surface area contributed by atoms with Crippen molar-refractivity contribution in [2.45, 2.75) is 42.9 Å². The number of ether oxygens (including phenoxy) is 2. The summed E-state index contributed by atoms with van der Waals surface area (Å²) in [5, 5.41) is 0.626. The van der Waals surface area contributed by atoms with E-state index in [1.165, 1.54) is 0 Å². The fraction of sp³-hybridized carbons (Fsp3) is 0.579. The molecule has 5 atom stereocenters. The summed E-state index contributed by atoms with van der Waals surface area (Å²) in [6.45, 7) is 3.33. The lowest BCUT2D eigenvalue weighted by molar-refractivity contribution is -0.154. The monoisotopic (exact) mass is 450 g/mol. The standard InChI is InChI=1S/C19H21Cl2FO5S/c1-3-26-16(23)12-6-8-15-18(22,17(24)27-4-2)19(12,15)28(25)10-11-5-7-13(20)14(21)9-11/h5,7,9,12,15H,3-4,6,8,10H2,1-2H3. The third-order valence-electron chi connectivity index (χ3n) is 5.55. The molecule has 0 N–H and O–H groups in total. The van der Waals surface area contributed by atoms with Crippen LogP contribution in [0.15, 0.2) is 18.2 Å². The summed E-state index contributed by atoms with van der Waals surface area (Å²) in [6, 6.07) is 4.75. The molecule has 5 nitrogen and oxygen atoms in total. The molecule has 0 aromatic heterocycles. The highest BCUT2D eigenvalue weighted by Gasteiger charge is 2.91. The molecule has 28 heavy (non-hydrogen) atoms. The van der Waals surface area contributed by atoms with Crippen LogP contribution >= 0.6 is 23.2 Å². The van der Waals surface area contributed by atoms with Gasteiger partial charge in [-0.1, -0.05) is 29.3 Å². The second-order valence-corrected chi connectivity index (χ2v) is 9.37. The van der Waals surface area contributed by atoms with E-state index in [0.29, 0.717) is 17.0 Å². The van der Waals surface area contributed by atoms with Crippen LogP contribution in [0.2, 0.25) is 10.0 Å². The molecule has 2 aliphatic rings. The first kappa shape index (κ1) is 21.5. The van der Waals surface area contributed by atoms with Gasteiger partial charge in [0.15, 0.2) is 0 Å². The van der Waals surface area contributed by atoms with Crippen LogP contribution in [-0.4, -0.2) is 39.8 Å². The molecule has 0 aliphatic heterocycles. The minimum Gasteiger partial charge on any atom is -0.466 e. The minimum absolute atomic E-state index is 0.00317. The van der Waals surface area contributed by atoms with Crippen molar-refractivity contribution in [2.75, 3.05) is 13.2 Å². The Labute approximate surface area is 175 Å². The first-order chi connectivity index (χ1) is 13.2. The van der Waals surface area contributed by atoms with Gasteiger partial charge in [-0.25, -0.2) is 9.18 Å². The van der Waals surface area contributed by atoms with E-state index in [4.69, 9.17) is 32.7 Å². The zero-order valence-corrected chi connectivity index (χ0v) is 17.8. The van der Waals surface area contributed by atoms with Gasteiger partial charge in [0.1, 0.15) is 4.75 Å². The van der Waals surface area contributed by atoms with E-state index in [1.807, 2.05) is 0 Å². The third-order valence-corrected chi connectivity index (χ3v) is 8.50. The molecular weight excluding hydrogens is 430 g/mol. The van der Waals surface area contributed by atoms with Crippen LogP contribution in [0.3, 0.4) is 0 Å². The highest BCUT2D eigenvalue weighted by molar-refractivity contribution is 7.86. The Kier molecular flexibility index (Phi) is 6.09. The number of carbonyl (C=O) groups excluding carboxylic acids is 2. The molecule has 1 aromatic rings. The van der Waals surface area contributed by atoms with Gasteiger partial charge in [-0.05, 0) is 44.4 Å². The highest BCUT2D eigenvalue weighted by Crippen LogP contribution is 2.72. The second-order valence-electron chi connectivity index (χ2n) is 6.90. The van der Waals surface area contributed by atoms with Crippen molar-refractivity contribution in [3.05, 3.63) is 33.8 Å². The van der Waals surface area contributed by atoms with Gasteiger partial charge in [0, 0.05) is 22.5 Å². The first-order valence-corrected chi connectivity index (χ1v) is 11.2. The minimum atomic E-state index is -2.46. The highest BCUT2D eigenvalue weighted by atomic mass is 35.5. The number of rotatable bonds is 7. The van der Waals surface area contributed by atoms with Crippen molar-refractivity contribution >= 4 is 45.9 Å². The van der Waals surface area contributed by atoms with Gasteiger partial charge in [0.2, 0.25) is 5.67 Å². The van der Waals surface area contributed by atoms with E-state index in [1.54, 1.807) is 32.0 Å². The molecule has 0 radical (unpaired) electrons. The van der Waals surface area contributed by atoms with E-state index in [-0.39, 0.29) is 30.4 Å². The van der Waals surface area contributed by atoms with Gasteiger partial charge in [-0.15, -0.1) is 0 Å². The Morgan fingerprint density at radius 3 is 2.46 bits per heavy atom. The van der Waals surface area contributed by atoms with Crippen LogP contribution in [-0.2, 0) is 35.6 Å². The summed E-state index contributed by atoms with van der Waals surface area (Å²) < 4.78 is 37.6. The molecule has 3 rings (SSSR count). The van der Waals surface area contributed by atoms with Gasteiger partial charge in [0.05, 0.1) is 29.2 Å². The lowest BCUT2D eigenvalue weighted by Gasteiger charge is -2.25. The van der Waals surface area contributed by atoms with Crippen molar-refractivity contribution in [1.82, 2.24) is 0 Å². The summed E-state index contributed by atoms with van der Waals surface area (Å²) in [6.07, 6.45) is 0.591. The van der Waals surface area contributed by atoms with Crippen molar-refractivity contribution in [3.63, 3.8) is 0 Å². The van der Waals surface area contributed by atoms with Crippen molar-refractivity contribution in [1.29, 1.82) is 0 Å². The summed E-state index contributed by atoms with van der Waals surface area (Å²) >= 11 is 11.9. The molecule has 0 spiro atoms. The lowest BCUT2D eigenvalue weighted by atomic mass is 9.98. The van der Waals surface area contributed by atoms with E-state index in [2.05, 4.69) is 0 Å². The quantitative estimate of drug-likeness (QED) is 0.589. The largest absolute Gasteiger partial charge is 0.466 e. The number of hydrogen-bond donors (Lipinski definition) is 0. The van der Waals surface area contributed by atoms with E-state index in [9.17, 15) is 13.8 Å². The Bertz CT molecular complexity index is 835. The topological polar surface area (TPSA) is 69.7 Å². The average molecular weight is 451 g/mol. The molecule has 2 aliphatic carbocycles. The lowest BCUT2D eigenvalue weighted by Crippen LogP contribution is -2.44. The van der Waals surface area contributed by atoms with Crippen molar-refractivity contribution in [3.8, 4) is 0 Å². The molecule has 0 heterocycles. The van der Waals surface area contributed by atoms with Crippen molar-refractivity contribution < 1.29 is 27.7 Å². The number of hydrogen-bond acceptors (Lipinski definition) is 5. The molecular formula is C19H21Cl2FO5S. The molecule has 0 saturated heterocycles. The summed E-state index contributed by atoms with van der Waals surface area (Å²) in [7, 11) is -1.88. The Morgan fingerprint density at radius 1 is 1.18 bits per heavy atom. The Morgan fingerprint density at radius 2 is 1.86 bits per heavy atom. The second kappa shape index (κ2) is 7.92. The van der Waals surface area contributed by atoms with Crippen LogP contribution < -0.4 is 0 Å². The molecule has 2 fully saturated rings. The molecule has 154 valence electrons. The molecule has 1 aromatic carbocycles. The summed E-state index contributed by atoms with van der Waals surface area (Å²) in [4.78, 5) is 24.9. The van der Waals surface area contributed by atoms with Gasteiger partial charge in [0.25, 0.3) is 0 Å². The predicted molar refractivity (Wildman–Crippen MR) is 104 cm³/mol. The summed E-state index contributed by atoms with van der Waals surface area (Å²) in [5.41, 5.74) is -1.88. The SMILES string of the molecule is CCOC(=O)C1CCC2C(F)(C(=O)OCC)C12S(=O)Cc1ccc(Cl)c(Cl)c1. The van der Waals surface area contributed by atoms with Crippen LogP contribution in [0.25, 0.3) is 0 Å². The zero-order valence-electron chi connectivity index (χ0n) is 15.5. The number of carbonyl (C=O) groups is 2. The molecule has 2 saturated carbocycles. The third kappa shape index (κ3) is 3.06. The first-order valence-electron chi connectivity index (χ1n) is 9.10. The predicted octanol–water partition coefficient (Wildman–Crippen LogP) is 3.86. The van der Waals surface area contributed by atoms with Crippen LogP contribution in [0.4, 0.5) is 4.39 Å². The van der Waals surface area contributed by atoms with Crippen LogP contribution in [0.5, 0.6) is 0 Å². The fourth-order valence-electron chi connectivity index (χ4n) is 4.42. The number of alkyl halides is 1. The van der Waals surface area contributed by atoms with E-state index in [0.717, 1.165) is 0 Å². The van der Waals surface area contributed by atoms with Crippen molar-refractivity contribution in [2.24, 2.45) is 11.8 Å². The molecule has 0 bridgehead atoms. The fourth-order valence-corrected chi connectivity index (χ4v) is 7.09. The molecule has 5 unspecified atom stereocenters.